The monoisotopic (exact) mass is 424 g/mol. The minimum Gasteiger partial charge on any atom is -0.460 e. The van der Waals surface area contributed by atoms with Gasteiger partial charge in [-0.3, -0.25) is 9.59 Å². The van der Waals surface area contributed by atoms with E-state index in [-0.39, 0.29) is 34.7 Å². The summed E-state index contributed by atoms with van der Waals surface area (Å²) in [6.07, 6.45) is 2.05. The molecular formula is C23H36O7. The number of epoxide rings is 1. The predicted molar refractivity (Wildman–Crippen MR) is 108 cm³/mol. The van der Waals surface area contributed by atoms with Crippen LogP contribution in [0.15, 0.2) is 0 Å². The van der Waals surface area contributed by atoms with E-state index in [1.54, 1.807) is 0 Å². The van der Waals surface area contributed by atoms with Crippen molar-refractivity contribution >= 4 is 17.9 Å². The fraction of sp³-hybridized carbons (Fsp3) is 0.870. The number of rotatable bonds is 5. The summed E-state index contributed by atoms with van der Waals surface area (Å²) in [5, 5.41) is 0. The number of carbonyl (C=O) groups excluding carboxylic acids is 3. The Hall–Kier alpha value is -1.63. The van der Waals surface area contributed by atoms with Crippen molar-refractivity contribution < 1.29 is 33.3 Å². The van der Waals surface area contributed by atoms with Gasteiger partial charge in [-0.15, -0.1) is 0 Å². The van der Waals surface area contributed by atoms with Crippen molar-refractivity contribution in [2.24, 2.45) is 28.1 Å². The molecular weight excluding hydrogens is 388 g/mol. The Labute approximate surface area is 179 Å². The summed E-state index contributed by atoms with van der Waals surface area (Å²) in [5.41, 5.74) is -1.14. The van der Waals surface area contributed by atoms with Crippen LogP contribution < -0.4 is 0 Å². The van der Waals surface area contributed by atoms with E-state index in [9.17, 15) is 14.4 Å². The number of ether oxygens (including phenoxy) is 4. The Morgan fingerprint density at radius 3 is 2.27 bits per heavy atom. The molecule has 0 aromatic rings. The van der Waals surface area contributed by atoms with Gasteiger partial charge in [0.25, 0.3) is 0 Å². The van der Waals surface area contributed by atoms with Crippen molar-refractivity contribution in [2.45, 2.75) is 86.0 Å². The van der Waals surface area contributed by atoms with Crippen LogP contribution in [0.25, 0.3) is 0 Å². The molecule has 3 rings (SSSR count). The Morgan fingerprint density at radius 2 is 1.73 bits per heavy atom. The quantitative estimate of drug-likeness (QED) is 0.378. The van der Waals surface area contributed by atoms with Gasteiger partial charge >= 0.3 is 17.9 Å². The second-order valence-corrected chi connectivity index (χ2v) is 11.6. The maximum Gasteiger partial charge on any atom is 0.344 e. The van der Waals surface area contributed by atoms with Crippen molar-refractivity contribution in [3.8, 4) is 0 Å². The van der Waals surface area contributed by atoms with Crippen LogP contribution in [0.5, 0.6) is 0 Å². The van der Waals surface area contributed by atoms with E-state index < -0.39 is 29.7 Å². The first-order valence-corrected chi connectivity index (χ1v) is 10.9. The average Bonchev–Trinajstić information content (AvgIpc) is 3.31. The molecule has 0 radical (unpaired) electrons. The largest absolute Gasteiger partial charge is 0.460 e. The Kier molecular flexibility index (Phi) is 5.76. The molecule has 1 aliphatic carbocycles. The van der Waals surface area contributed by atoms with Crippen LogP contribution in [-0.4, -0.2) is 43.0 Å². The van der Waals surface area contributed by atoms with Crippen LogP contribution in [0.2, 0.25) is 0 Å². The van der Waals surface area contributed by atoms with Gasteiger partial charge in [0.15, 0.2) is 6.61 Å². The SMILES string of the molecule is CC(C)(C)CC(C)(C(=O)OCC(=O)OC1CCC2C(C1)C(=O)OC21CO1)C(C)(C)C. The van der Waals surface area contributed by atoms with Crippen LogP contribution in [0, 0.1) is 28.1 Å². The maximum atomic E-state index is 13.0. The third-order valence-electron chi connectivity index (χ3n) is 6.98. The molecule has 1 saturated carbocycles. The van der Waals surface area contributed by atoms with E-state index in [4.69, 9.17) is 18.9 Å². The first-order valence-electron chi connectivity index (χ1n) is 10.9. The van der Waals surface area contributed by atoms with Gasteiger partial charge in [0.1, 0.15) is 12.7 Å². The highest BCUT2D eigenvalue weighted by Gasteiger charge is 2.66. The second-order valence-electron chi connectivity index (χ2n) is 11.6. The number of hydrogen-bond acceptors (Lipinski definition) is 7. The number of carbonyl (C=O) groups is 3. The Bertz CT molecular complexity index is 710. The van der Waals surface area contributed by atoms with Gasteiger partial charge in [-0.2, -0.15) is 0 Å². The average molecular weight is 425 g/mol. The van der Waals surface area contributed by atoms with Crippen molar-refractivity contribution in [3.63, 3.8) is 0 Å². The molecule has 0 aromatic heterocycles. The van der Waals surface area contributed by atoms with Gasteiger partial charge in [-0.25, -0.2) is 4.79 Å². The van der Waals surface area contributed by atoms with Crippen LogP contribution in [-0.2, 0) is 33.3 Å². The summed E-state index contributed by atoms with van der Waals surface area (Å²) in [6, 6.07) is 0. The molecule has 7 nitrogen and oxygen atoms in total. The normalized spacial score (nSPS) is 32.8. The summed E-state index contributed by atoms with van der Waals surface area (Å²) in [6.45, 7) is 14.2. The van der Waals surface area contributed by atoms with E-state index in [1.165, 1.54) is 0 Å². The Balaban J connectivity index is 1.52. The molecule has 0 amide bonds. The molecule has 5 atom stereocenters. The zero-order valence-electron chi connectivity index (χ0n) is 19.3. The van der Waals surface area contributed by atoms with Crippen LogP contribution in [0.4, 0.5) is 0 Å². The lowest BCUT2D eigenvalue weighted by atomic mass is 9.61. The molecule has 2 heterocycles. The van der Waals surface area contributed by atoms with Crippen LogP contribution in [0.1, 0.15) is 74.1 Å². The molecule has 2 saturated heterocycles. The molecule has 3 fully saturated rings. The third-order valence-corrected chi connectivity index (χ3v) is 6.98. The van der Waals surface area contributed by atoms with Crippen LogP contribution in [0.3, 0.4) is 0 Å². The van der Waals surface area contributed by atoms with Crippen molar-refractivity contribution in [1.82, 2.24) is 0 Å². The molecule has 30 heavy (non-hydrogen) atoms. The summed E-state index contributed by atoms with van der Waals surface area (Å²) < 4.78 is 21.7. The lowest BCUT2D eigenvalue weighted by Crippen LogP contribution is -2.45. The molecule has 7 heteroatoms. The molecule has 0 N–H and O–H groups in total. The smallest absolute Gasteiger partial charge is 0.344 e. The van der Waals surface area contributed by atoms with E-state index in [0.29, 0.717) is 32.3 Å². The lowest BCUT2D eigenvalue weighted by molar-refractivity contribution is -0.175. The van der Waals surface area contributed by atoms with Gasteiger partial charge < -0.3 is 18.9 Å². The maximum absolute atomic E-state index is 13.0. The first-order chi connectivity index (χ1) is 13.7. The number of hydrogen-bond donors (Lipinski definition) is 0. The molecule has 170 valence electrons. The van der Waals surface area contributed by atoms with Crippen molar-refractivity contribution in [3.05, 3.63) is 0 Å². The summed E-state index contributed by atoms with van der Waals surface area (Å²) in [4.78, 5) is 37.4. The Morgan fingerprint density at radius 1 is 1.10 bits per heavy atom. The first kappa shape index (κ1) is 23.0. The number of fused-ring (bicyclic) bond motifs is 2. The lowest BCUT2D eigenvalue weighted by Gasteiger charge is -2.43. The highest BCUT2D eigenvalue weighted by atomic mass is 16.8. The molecule has 2 aliphatic heterocycles. The number of esters is 3. The van der Waals surface area contributed by atoms with Crippen LogP contribution >= 0.6 is 0 Å². The van der Waals surface area contributed by atoms with E-state index in [2.05, 4.69) is 20.8 Å². The summed E-state index contributed by atoms with van der Waals surface area (Å²) in [5.74, 6) is -2.20. The molecule has 0 bridgehead atoms. The fourth-order valence-electron chi connectivity index (χ4n) is 4.90. The van der Waals surface area contributed by atoms with E-state index >= 15 is 0 Å². The summed E-state index contributed by atoms with van der Waals surface area (Å²) >= 11 is 0. The summed E-state index contributed by atoms with van der Waals surface area (Å²) in [7, 11) is 0. The third kappa shape index (κ3) is 4.51. The zero-order chi connectivity index (χ0) is 22.5. The minimum absolute atomic E-state index is 0.0441. The molecule has 5 unspecified atom stereocenters. The van der Waals surface area contributed by atoms with Gasteiger partial charge in [-0.05, 0) is 43.4 Å². The van der Waals surface area contributed by atoms with E-state index in [0.717, 1.165) is 0 Å². The van der Waals surface area contributed by atoms with Crippen molar-refractivity contribution in [1.29, 1.82) is 0 Å². The highest BCUT2D eigenvalue weighted by Crippen LogP contribution is 2.53. The zero-order valence-corrected chi connectivity index (χ0v) is 19.3. The minimum atomic E-state index is -0.740. The highest BCUT2D eigenvalue weighted by molar-refractivity contribution is 5.81. The van der Waals surface area contributed by atoms with Gasteiger partial charge in [0.05, 0.1) is 11.3 Å². The topological polar surface area (TPSA) is 91.4 Å². The van der Waals surface area contributed by atoms with Gasteiger partial charge in [-0.1, -0.05) is 41.5 Å². The standard InChI is InChI=1S/C23H36O7/c1-20(2,3)12-22(7,21(4,5)6)19(26)27-11-17(24)29-14-8-9-16-15(10-14)18(25)30-23(16)13-28-23/h14-16H,8-13H2,1-7H3. The van der Waals surface area contributed by atoms with Crippen molar-refractivity contribution in [2.75, 3.05) is 13.2 Å². The molecule has 0 aromatic carbocycles. The van der Waals surface area contributed by atoms with E-state index in [1.807, 2.05) is 27.7 Å². The fourth-order valence-corrected chi connectivity index (χ4v) is 4.90. The van der Waals surface area contributed by atoms with Gasteiger partial charge in [0.2, 0.25) is 5.79 Å². The predicted octanol–water partition coefficient (Wildman–Crippen LogP) is 3.63. The second kappa shape index (κ2) is 7.50. The molecule has 1 spiro atoms. The van der Waals surface area contributed by atoms with Gasteiger partial charge in [0, 0.05) is 5.92 Å². The molecule has 3 aliphatic rings.